The molecular formula is C16H20FN3O. The molecule has 1 aliphatic heterocycles. The van der Waals surface area contributed by atoms with E-state index < -0.39 is 0 Å². The minimum atomic E-state index is -0.250. The van der Waals surface area contributed by atoms with Crippen molar-refractivity contribution >= 4 is 0 Å². The predicted molar refractivity (Wildman–Crippen MR) is 77.8 cm³/mol. The first kappa shape index (κ1) is 14.2. The van der Waals surface area contributed by atoms with Crippen LogP contribution >= 0.6 is 0 Å². The topological polar surface area (TPSA) is 39.9 Å². The average Bonchev–Trinajstić information content (AvgIpc) is 3.07. The van der Waals surface area contributed by atoms with Crippen LogP contribution < -0.4 is 0 Å². The summed E-state index contributed by atoms with van der Waals surface area (Å²) in [5, 5.41) is 4.60. The lowest BCUT2D eigenvalue weighted by molar-refractivity contribution is 0.103. The van der Waals surface area contributed by atoms with Crippen molar-refractivity contribution in [2.75, 3.05) is 6.61 Å². The van der Waals surface area contributed by atoms with E-state index in [-0.39, 0.29) is 11.9 Å². The van der Waals surface area contributed by atoms with Crippen LogP contribution in [0.15, 0.2) is 24.3 Å². The molecule has 0 spiro atoms. The maximum absolute atomic E-state index is 13.1. The molecule has 21 heavy (non-hydrogen) atoms. The number of benzene rings is 1. The third-order valence-electron chi connectivity index (χ3n) is 3.56. The van der Waals surface area contributed by atoms with Crippen molar-refractivity contribution in [3.63, 3.8) is 0 Å². The third-order valence-corrected chi connectivity index (χ3v) is 3.56. The highest BCUT2D eigenvalue weighted by Crippen LogP contribution is 2.29. The lowest BCUT2D eigenvalue weighted by Crippen LogP contribution is -2.08. The van der Waals surface area contributed by atoms with Gasteiger partial charge in [0.2, 0.25) is 0 Å². The third kappa shape index (κ3) is 3.13. The SMILES string of the molecule is CC(C)Cc1nc(C2CCCO2)n(-c2ccc(F)cc2)n1. The van der Waals surface area contributed by atoms with Crippen LogP contribution in [0.2, 0.25) is 0 Å². The summed E-state index contributed by atoms with van der Waals surface area (Å²) in [6, 6.07) is 6.33. The van der Waals surface area contributed by atoms with E-state index in [1.54, 1.807) is 16.8 Å². The van der Waals surface area contributed by atoms with Gasteiger partial charge in [0, 0.05) is 13.0 Å². The van der Waals surface area contributed by atoms with E-state index in [0.717, 1.165) is 43.2 Å². The molecule has 2 heterocycles. The number of hydrogen-bond acceptors (Lipinski definition) is 3. The number of nitrogens with zero attached hydrogens (tertiary/aromatic N) is 3. The summed E-state index contributed by atoms with van der Waals surface area (Å²) in [5.74, 6) is 1.89. The van der Waals surface area contributed by atoms with Gasteiger partial charge in [-0.15, -0.1) is 0 Å². The molecular weight excluding hydrogens is 269 g/mol. The van der Waals surface area contributed by atoms with Gasteiger partial charge in [-0.1, -0.05) is 13.8 Å². The van der Waals surface area contributed by atoms with Crippen LogP contribution in [0.25, 0.3) is 5.69 Å². The van der Waals surface area contributed by atoms with E-state index >= 15 is 0 Å². The van der Waals surface area contributed by atoms with Gasteiger partial charge in [0.1, 0.15) is 11.9 Å². The molecule has 1 unspecified atom stereocenters. The summed E-state index contributed by atoms with van der Waals surface area (Å²) in [7, 11) is 0. The maximum Gasteiger partial charge on any atom is 0.161 e. The van der Waals surface area contributed by atoms with E-state index in [0.29, 0.717) is 5.92 Å². The molecule has 2 aromatic rings. The van der Waals surface area contributed by atoms with Crippen molar-refractivity contribution in [3.8, 4) is 5.69 Å². The number of hydrogen-bond donors (Lipinski definition) is 0. The molecule has 1 fully saturated rings. The van der Waals surface area contributed by atoms with Crippen molar-refractivity contribution in [2.45, 2.75) is 39.2 Å². The van der Waals surface area contributed by atoms with Gasteiger partial charge in [0.15, 0.2) is 11.6 Å². The van der Waals surface area contributed by atoms with Crippen molar-refractivity contribution < 1.29 is 9.13 Å². The zero-order valence-electron chi connectivity index (χ0n) is 12.4. The lowest BCUT2D eigenvalue weighted by Gasteiger charge is -2.10. The lowest BCUT2D eigenvalue weighted by atomic mass is 10.1. The first-order chi connectivity index (χ1) is 10.1. The Morgan fingerprint density at radius 2 is 2.10 bits per heavy atom. The van der Waals surface area contributed by atoms with E-state index in [1.807, 2.05) is 0 Å². The van der Waals surface area contributed by atoms with Crippen LogP contribution in [0.1, 0.15) is 44.4 Å². The van der Waals surface area contributed by atoms with Crippen molar-refractivity contribution in [1.82, 2.24) is 14.8 Å². The van der Waals surface area contributed by atoms with Gasteiger partial charge in [0.05, 0.1) is 5.69 Å². The molecule has 5 heteroatoms. The molecule has 0 bridgehead atoms. The second-order valence-corrected chi connectivity index (χ2v) is 5.87. The molecule has 0 amide bonds. The molecule has 1 aliphatic rings. The van der Waals surface area contributed by atoms with E-state index in [9.17, 15) is 4.39 Å². The number of rotatable bonds is 4. The highest BCUT2D eigenvalue weighted by atomic mass is 19.1. The Bertz CT molecular complexity index is 600. The Labute approximate surface area is 124 Å². The Kier molecular flexibility index (Phi) is 4.01. The molecule has 0 aliphatic carbocycles. The van der Waals surface area contributed by atoms with Crippen LogP contribution in [-0.2, 0) is 11.2 Å². The highest BCUT2D eigenvalue weighted by Gasteiger charge is 2.25. The van der Waals surface area contributed by atoms with Crippen molar-refractivity contribution in [2.24, 2.45) is 5.92 Å². The first-order valence-electron chi connectivity index (χ1n) is 7.47. The van der Waals surface area contributed by atoms with Crippen LogP contribution in [0, 0.1) is 11.7 Å². The van der Waals surface area contributed by atoms with Gasteiger partial charge in [-0.25, -0.2) is 14.1 Å². The van der Waals surface area contributed by atoms with Crippen LogP contribution in [0.4, 0.5) is 4.39 Å². The van der Waals surface area contributed by atoms with Gasteiger partial charge < -0.3 is 4.74 Å². The number of halogens is 1. The minimum Gasteiger partial charge on any atom is -0.370 e. The molecule has 0 radical (unpaired) electrons. The van der Waals surface area contributed by atoms with E-state index in [2.05, 4.69) is 23.9 Å². The highest BCUT2D eigenvalue weighted by molar-refractivity contribution is 5.32. The molecule has 1 saturated heterocycles. The number of aromatic nitrogens is 3. The fraction of sp³-hybridized carbons (Fsp3) is 0.500. The zero-order valence-corrected chi connectivity index (χ0v) is 12.4. The Balaban J connectivity index is 1.99. The van der Waals surface area contributed by atoms with Crippen molar-refractivity contribution in [1.29, 1.82) is 0 Å². The quantitative estimate of drug-likeness (QED) is 0.865. The molecule has 4 nitrogen and oxygen atoms in total. The van der Waals surface area contributed by atoms with E-state index in [1.165, 1.54) is 12.1 Å². The van der Waals surface area contributed by atoms with Gasteiger partial charge >= 0.3 is 0 Å². The fourth-order valence-electron chi connectivity index (χ4n) is 2.58. The minimum absolute atomic E-state index is 0.0107. The molecule has 0 saturated carbocycles. The smallest absolute Gasteiger partial charge is 0.161 e. The number of ether oxygens (including phenoxy) is 1. The molecule has 1 atom stereocenters. The molecule has 1 aromatic heterocycles. The first-order valence-corrected chi connectivity index (χ1v) is 7.47. The molecule has 1 aromatic carbocycles. The zero-order chi connectivity index (χ0) is 14.8. The maximum atomic E-state index is 13.1. The second kappa shape index (κ2) is 5.93. The summed E-state index contributed by atoms with van der Waals surface area (Å²) < 4.78 is 20.7. The summed E-state index contributed by atoms with van der Waals surface area (Å²) >= 11 is 0. The van der Waals surface area contributed by atoms with Gasteiger partial charge in [0.25, 0.3) is 0 Å². The Morgan fingerprint density at radius 3 is 2.71 bits per heavy atom. The summed E-state index contributed by atoms with van der Waals surface area (Å²) in [6.45, 7) is 5.05. The van der Waals surface area contributed by atoms with Crippen LogP contribution in [0.3, 0.4) is 0 Å². The summed E-state index contributed by atoms with van der Waals surface area (Å²) in [6.07, 6.45) is 2.82. The van der Waals surface area contributed by atoms with Gasteiger partial charge in [-0.05, 0) is 43.0 Å². The second-order valence-electron chi connectivity index (χ2n) is 5.87. The van der Waals surface area contributed by atoms with Crippen LogP contribution in [0.5, 0.6) is 0 Å². The monoisotopic (exact) mass is 289 g/mol. The van der Waals surface area contributed by atoms with Crippen LogP contribution in [-0.4, -0.2) is 21.4 Å². The van der Waals surface area contributed by atoms with Crippen molar-refractivity contribution in [3.05, 3.63) is 41.7 Å². The average molecular weight is 289 g/mol. The predicted octanol–water partition coefficient (Wildman–Crippen LogP) is 3.46. The summed E-state index contributed by atoms with van der Waals surface area (Å²) in [4.78, 5) is 4.66. The standard InChI is InChI=1S/C16H20FN3O/c1-11(2)10-15-18-16(14-4-3-9-21-14)20(19-15)13-7-5-12(17)6-8-13/h5-8,11,14H,3-4,9-10H2,1-2H3. The Hall–Kier alpha value is -1.75. The van der Waals surface area contributed by atoms with Gasteiger partial charge in [-0.3, -0.25) is 0 Å². The normalized spacial score (nSPS) is 18.6. The van der Waals surface area contributed by atoms with E-state index in [4.69, 9.17) is 4.74 Å². The molecule has 0 N–H and O–H groups in total. The molecule has 3 rings (SSSR count). The Morgan fingerprint density at radius 1 is 1.33 bits per heavy atom. The summed E-state index contributed by atoms with van der Waals surface area (Å²) in [5.41, 5.74) is 0.824. The molecule has 112 valence electrons. The largest absolute Gasteiger partial charge is 0.370 e. The fourth-order valence-corrected chi connectivity index (χ4v) is 2.58. The van der Waals surface area contributed by atoms with Gasteiger partial charge in [-0.2, -0.15) is 5.10 Å².